The van der Waals surface area contributed by atoms with Crippen molar-refractivity contribution in [3.63, 3.8) is 0 Å². The molecule has 2 aromatic rings. The van der Waals surface area contributed by atoms with Crippen LogP contribution in [0.15, 0.2) is 16.5 Å². The van der Waals surface area contributed by atoms with Crippen molar-refractivity contribution >= 4 is 16.8 Å². The second kappa shape index (κ2) is 2.74. The Morgan fingerprint density at radius 2 is 2.31 bits per heavy atom. The highest BCUT2D eigenvalue weighted by Crippen LogP contribution is 2.22. The summed E-state index contributed by atoms with van der Waals surface area (Å²) in [6, 6.07) is 3.42. The van der Waals surface area contributed by atoms with Crippen LogP contribution in [0.3, 0.4) is 0 Å². The lowest BCUT2D eigenvalue weighted by Gasteiger charge is -1.99. The van der Waals surface area contributed by atoms with Gasteiger partial charge in [0.1, 0.15) is 5.52 Å². The summed E-state index contributed by atoms with van der Waals surface area (Å²) < 4.78 is 5.29. The zero-order valence-electron chi connectivity index (χ0n) is 7.24. The lowest BCUT2D eigenvalue weighted by atomic mass is 10.2. The van der Waals surface area contributed by atoms with E-state index in [2.05, 4.69) is 4.98 Å². The van der Waals surface area contributed by atoms with Gasteiger partial charge in [0.05, 0.1) is 6.61 Å². The number of aryl methyl sites for hydroxylation is 1. The van der Waals surface area contributed by atoms with Gasteiger partial charge in [-0.3, -0.25) is 0 Å². The van der Waals surface area contributed by atoms with Gasteiger partial charge in [0.15, 0.2) is 11.5 Å². The minimum atomic E-state index is -0.0818. The van der Waals surface area contributed by atoms with Gasteiger partial charge < -0.3 is 15.3 Å². The van der Waals surface area contributed by atoms with Gasteiger partial charge in [0, 0.05) is 18.2 Å². The molecular weight excluding hydrogens is 168 g/mol. The van der Waals surface area contributed by atoms with Crippen LogP contribution in [0.5, 0.6) is 0 Å². The summed E-state index contributed by atoms with van der Waals surface area (Å²) in [6.07, 6.45) is 0. The second-order valence-corrected chi connectivity index (χ2v) is 2.91. The summed E-state index contributed by atoms with van der Waals surface area (Å²) in [6.45, 7) is 1.69. The third kappa shape index (κ3) is 1.25. The molecule has 1 aromatic heterocycles. The first kappa shape index (κ1) is 8.07. The van der Waals surface area contributed by atoms with Crippen LogP contribution in [0, 0.1) is 6.92 Å². The van der Waals surface area contributed by atoms with E-state index in [1.165, 1.54) is 0 Å². The standard InChI is InChI=1S/C9H10N2O2/c1-5-11-8-3-7(10)6(4-12)2-9(8)13-5/h2-3,12H,4,10H2,1H3. The minimum absolute atomic E-state index is 0.0818. The van der Waals surface area contributed by atoms with E-state index in [4.69, 9.17) is 15.3 Å². The molecule has 0 bridgehead atoms. The first-order chi connectivity index (χ1) is 6.20. The summed E-state index contributed by atoms with van der Waals surface area (Å²) in [4.78, 5) is 4.12. The van der Waals surface area contributed by atoms with Crippen LogP contribution in [-0.4, -0.2) is 10.1 Å². The average Bonchev–Trinajstić information content (AvgIpc) is 2.42. The number of fused-ring (bicyclic) bond motifs is 1. The van der Waals surface area contributed by atoms with Crippen LogP contribution in [-0.2, 0) is 6.61 Å². The van der Waals surface area contributed by atoms with Crippen LogP contribution >= 0.6 is 0 Å². The monoisotopic (exact) mass is 178 g/mol. The molecule has 0 unspecified atom stereocenters. The molecule has 0 aliphatic carbocycles. The zero-order valence-corrected chi connectivity index (χ0v) is 7.24. The second-order valence-electron chi connectivity index (χ2n) is 2.91. The Morgan fingerprint density at radius 1 is 1.54 bits per heavy atom. The van der Waals surface area contributed by atoms with E-state index in [9.17, 15) is 0 Å². The zero-order chi connectivity index (χ0) is 9.42. The number of nitrogen functional groups attached to an aromatic ring is 1. The predicted octanol–water partition coefficient (Wildman–Crippen LogP) is 1.21. The highest BCUT2D eigenvalue weighted by atomic mass is 16.3. The number of nitrogens with two attached hydrogens (primary N) is 1. The summed E-state index contributed by atoms with van der Waals surface area (Å²) in [5, 5.41) is 8.94. The molecule has 1 heterocycles. The highest BCUT2D eigenvalue weighted by Gasteiger charge is 2.06. The molecule has 0 spiro atoms. The number of aromatic nitrogens is 1. The van der Waals surface area contributed by atoms with E-state index in [-0.39, 0.29) is 6.61 Å². The van der Waals surface area contributed by atoms with Crippen LogP contribution in [0.1, 0.15) is 11.5 Å². The quantitative estimate of drug-likeness (QED) is 0.644. The Morgan fingerprint density at radius 3 is 3.00 bits per heavy atom. The maximum Gasteiger partial charge on any atom is 0.192 e. The molecule has 4 nitrogen and oxygen atoms in total. The van der Waals surface area contributed by atoms with Gasteiger partial charge in [0.25, 0.3) is 0 Å². The van der Waals surface area contributed by atoms with E-state index in [1.807, 2.05) is 0 Å². The smallest absolute Gasteiger partial charge is 0.192 e. The van der Waals surface area contributed by atoms with Crippen LogP contribution in [0.2, 0.25) is 0 Å². The lowest BCUT2D eigenvalue weighted by molar-refractivity contribution is 0.282. The van der Waals surface area contributed by atoms with Gasteiger partial charge in [-0.05, 0) is 12.1 Å². The van der Waals surface area contributed by atoms with Crippen molar-refractivity contribution in [1.29, 1.82) is 0 Å². The fraction of sp³-hybridized carbons (Fsp3) is 0.222. The minimum Gasteiger partial charge on any atom is -0.441 e. The van der Waals surface area contributed by atoms with E-state index in [0.29, 0.717) is 22.7 Å². The predicted molar refractivity (Wildman–Crippen MR) is 49.1 cm³/mol. The van der Waals surface area contributed by atoms with Gasteiger partial charge in [-0.25, -0.2) is 4.98 Å². The number of oxazole rings is 1. The van der Waals surface area contributed by atoms with Gasteiger partial charge in [-0.15, -0.1) is 0 Å². The largest absolute Gasteiger partial charge is 0.441 e. The Bertz CT molecular complexity index is 448. The number of nitrogens with zero attached hydrogens (tertiary/aromatic N) is 1. The Hall–Kier alpha value is -1.55. The van der Waals surface area contributed by atoms with Crippen LogP contribution < -0.4 is 5.73 Å². The molecule has 0 saturated heterocycles. The SMILES string of the molecule is Cc1nc2cc(N)c(CO)cc2o1. The molecule has 3 N–H and O–H groups in total. The molecule has 0 saturated carbocycles. The lowest BCUT2D eigenvalue weighted by Crippen LogP contribution is -1.93. The van der Waals surface area contributed by atoms with Gasteiger partial charge in [0.2, 0.25) is 0 Å². The number of anilines is 1. The van der Waals surface area contributed by atoms with Crippen molar-refractivity contribution in [3.05, 3.63) is 23.6 Å². The summed E-state index contributed by atoms with van der Waals surface area (Å²) in [7, 11) is 0. The molecule has 4 heteroatoms. The summed E-state index contributed by atoms with van der Waals surface area (Å²) >= 11 is 0. The van der Waals surface area contributed by atoms with E-state index in [1.54, 1.807) is 19.1 Å². The number of benzene rings is 1. The maximum absolute atomic E-state index is 8.94. The Kier molecular flexibility index (Phi) is 1.70. The Labute approximate surface area is 75.0 Å². The fourth-order valence-corrected chi connectivity index (χ4v) is 1.28. The number of hydrogen-bond acceptors (Lipinski definition) is 4. The number of aliphatic hydroxyl groups excluding tert-OH is 1. The number of hydrogen-bond donors (Lipinski definition) is 2. The fourth-order valence-electron chi connectivity index (χ4n) is 1.28. The first-order valence-electron chi connectivity index (χ1n) is 3.97. The maximum atomic E-state index is 8.94. The van der Waals surface area contributed by atoms with Crippen LogP contribution in [0.25, 0.3) is 11.1 Å². The van der Waals surface area contributed by atoms with Crippen molar-refractivity contribution in [2.75, 3.05) is 5.73 Å². The van der Waals surface area contributed by atoms with Crippen molar-refractivity contribution in [3.8, 4) is 0 Å². The van der Waals surface area contributed by atoms with E-state index >= 15 is 0 Å². The van der Waals surface area contributed by atoms with E-state index in [0.717, 1.165) is 5.52 Å². The highest BCUT2D eigenvalue weighted by molar-refractivity contribution is 5.78. The van der Waals surface area contributed by atoms with Gasteiger partial charge in [-0.2, -0.15) is 0 Å². The molecular formula is C9H10N2O2. The molecule has 0 aliphatic rings. The molecule has 68 valence electrons. The van der Waals surface area contributed by atoms with Crippen molar-refractivity contribution in [2.45, 2.75) is 13.5 Å². The van der Waals surface area contributed by atoms with Crippen LogP contribution in [0.4, 0.5) is 5.69 Å². The number of aliphatic hydroxyl groups is 1. The van der Waals surface area contributed by atoms with Crippen molar-refractivity contribution in [2.24, 2.45) is 0 Å². The third-order valence-electron chi connectivity index (χ3n) is 1.93. The third-order valence-corrected chi connectivity index (χ3v) is 1.93. The van der Waals surface area contributed by atoms with Crippen molar-refractivity contribution in [1.82, 2.24) is 4.98 Å². The molecule has 0 fully saturated rings. The first-order valence-corrected chi connectivity index (χ1v) is 3.97. The molecule has 1 aromatic carbocycles. The molecule has 0 aliphatic heterocycles. The van der Waals surface area contributed by atoms with Gasteiger partial charge in [-0.1, -0.05) is 0 Å². The molecule has 0 atom stereocenters. The molecule has 2 rings (SSSR count). The Balaban J connectivity index is 2.72. The molecule has 0 radical (unpaired) electrons. The van der Waals surface area contributed by atoms with Gasteiger partial charge >= 0.3 is 0 Å². The topological polar surface area (TPSA) is 72.3 Å². The average molecular weight is 178 g/mol. The summed E-state index contributed by atoms with van der Waals surface area (Å²) in [5.74, 6) is 0.601. The summed E-state index contributed by atoms with van der Waals surface area (Å²) in [5.41, 5.74) is 8.27. The normalized spacial score (nSPS) is 10.9. The molecule has 0 amide bonds. The van der Waals surface area contributed by atoms with E-state index < -0.39 is 0 Å². The molecule has 13 heavy (non-hydrogen) atoms. The number of rotatable bonds is 1. The van der Waals surface area contributed by atoms with Crippen molar-refractivity contribution < 1.29 is 9.52 Å².